The lowest BCUT2D eigenvalue weighted by atomic mass is 10.1. The molecule has 2 N–H and O–H groups in total. The number of esters is 1. The van der Waals surface area contributed by atoms with Crippen LogP contribution in [0.25, 0.3) is 0 Å². The quantitative estimate of drug-likeness (QED) is 0.775. The van der Waals surface area contributed by atoms with Crippen molar-refractivity contribution < 1.29 is 9.53 Å². The summed E-state index contributed by atoms with van der Waals surface area (Å²) in [7, 11) is 1.25. The summed E-state index contributed by atoms with van der Waals surface area (Å²) < 4.78 is 5.48. The summed E-state index contributed by atoms with van der Waals surface area (Å²) >= 11 is 6.03. The molecule has 1 fully saturated rings. The van der Waals surface area contributed by atoms with Crippen molar-refractivity contribution in [2.75, 3.05) is 25.5 Å². The Hall–Kier alpha value is -1.60. The first-order valence-electron chi connectivity index (χ1n) is 6.91. The van der Waals surface area contributed by atoms with E-state index in [-0.39, 0.29) is 11.6 Å². The molecule has 0 amide bonds. The first-order valence-corrected chi connectivity index (χ1v) is 7.29. The Bertz CT molecular complexity index is 555. The standard InChI is InChI=1S/C13H19ClN4O3/c1-21-11(19)8-18-13(20)12(14)10(7-17-18)16-6-9-4-2-3-5-15-9/h7,9,15-16H,2-6,8H2,1H3. The van der Waals surface area contributed by atoms with Crippen molar-refractivity contribution in [3.05, 3.63) is 21.6 Å². The molecule has 0 aromatic carbocycles. The van der Waals surface area contributed by atoms with Crippen molar-refractivity contribution in [3.8, 4) is 0 Å². The van der Waals surface area contributed by atoms with Crippen LogP contribution in [0.3, 0.4) is 0 Å². The van der Waals surface area contributed by atoms with Gasteiger partial charge in [-0.15, -0.1) is 0 Å². The van der Waals surface area contributed by atoms with Gasteiger partial charge >= 0.3 is 5.97 Å². The molecule has 0 bridgehead atoms. The number of ether oxygens (including phenoxy) is 1. The summed E-state index contributed by atoms with van der Waals surface area (Å²) in [6.45, 7) is 1.44. The number of methoxy groups -OCH3 is 1. The van der Waals surface area contributed by atoms with E-state index in [1.165, 1.54) is 26.1 Å². The van der Waals surface area contributed by atoms with Crippen LogP contribution in [0.15, 0.2) is 11.0 Å². The van der Waals surface area contributed by atoms with E-state index in [2.05, 4.69) is 20.5 Å². The van der Waals surface area contributed by atoms with Gasteiger partial charge in [-0.25, -0.2) is 4.68 Å². The van der Waals surface area contributed by atoms with Crippen LogP contribution in [0.4, 0.5) is 5.69 Å². The van der Waals surface area contributed by atoms with Crippen LogP contribution in [0.1, 0.15) is 19.3 Å². The monoisotopic (exact) mass is 314 g/mol. The maximum absolute atomic E-state index is 12.0. The summed E-state index contributed by atoms with van der Waals surface area (Å²) in [4.78, 5) is 23.2. The molecule has 1 unspecified atom stereocenters. The number of hydrogen-bond acceptors (Lipinski definition) is 6. The highest BCUT2D eigenvalue weighted by Crippen LogP contribution is 2.16. The molecule has 21 heavy (non-hydrogen) atoms. The van der Waals surface area contributed by atoms with Gasteiger partial charge < -0.3 is 15.4 Å². The second kappa shape index (κ2) is 7.42. The number of hydrogen-bond donors (Lipinski definition) is 2. The smallest absolute Gasteiger partial charge is 0.327 e. The summed E-state index contributed by atoms with van der Waals surface area (Å²) in [5, 5.41) is 10.5. The fraction of sp³-hybridized carbons (Fsp3) is 0.615. The third-order valence-corrected chi connectivity index (χ3v) is 3.81. The number of nitrogens with one attached hydrogen (secondary N) is 2. The van der Waals surface area contributed by atoms with Crippen molar-refractivity contribution in [3.63, 3.8) is 0 Å². The van der Waals surface area contributed by atoms with E-state index in [4.69, 9.17) is 11.6 Å². The molecular formula is C13H19ClN4O3. The third-order valence-electron chi connectivity index (χ3n) is 3.44. The van der Waals surface area contributed by atoms with E-state index in [0.717, 1.165) is 17.6 Å². The van der Waals surface area contributed by atoms with E-state index in [9.17, 15) is 9.59 Å². The van der Waals surface area contributed by atoms with E-state index < -0.39 is 11.5 Å². The highest BCUT2D eigenvalue weighted by molar-refractivity contribution is 6.32. The molecule has 1 aromatic rings. The van der Waals surface area contributed by atoms with Crippen LogP contribution in [-0.2, 0) is 16.1 Å². The lowest BCUT2D eigenvalue weighted by Gasteiger charge is -2.24. The van der Waals surface area contributed by atoms with E-state index in [1.54, 1.807) is 0 Å². The Morgan fingerprint density at radius 2 is 2.43 bits per heavy atom. The first-order chi connectivity index (χ1) is 10.1. The van der Waals surface area contributed by atoms with Crippen LogP contribution in [0, 0.1) is 0 Å². The normalized spacial score (nSPS) is 18.3. The van der Waals surface area contributed by atoms with Crippen LogP contribution >= 0.6 is 11.6 Å². The number of nitrogens with zero attached hydrogens (tertiary/aromatic N) is 2. The lowest BCUT2D eigenvalue weighted by molar-refractivity contribution is -0.141. The molecule has 0 saturated carbocycles. The zero-order valence-electron chi connectivity index (χ0n) is 11.9. The minimum absolute atomic E-state index is 0.0321. The van der Waals surface area contributed by atoms with Gasteiger partial charge in [0.1, 0.15) is 11.6 Å². The number of piperidine rings is 1. The second-order valence-electron chi connectivity index (χ2n) is 4.94. The Morgan fingerprint density at radius 3 is 3.10 bits per heavy atom. The maximum atomic E-state index is 12.0. The topological polar surface area (TPSA) is 85.2 Å². The molecule has 2 heterocycles. The average molecular weight is 315 g/mol. The van der Waals surface area contributed by atoms with E-state index in [0.29, 0.717) is 18.3 Å². The predicted octanol–water partition coefficient (Wildman–Crippen LogP) is 0.624. The SMILES string of the molecule is COC(=O)Cn1ncc(NCC2CCCCN2)c(Cl)c1=O. The lowest BCUT2D eigenvalue weighted by Crippen LogP contribution is -2.39. The van der Waals surface area contributed by atoms with Crippen LogP contribution in [-0.4, -0.2) is 42.0 Å². The Labute approximate surface area is 127 Å². The van der Waals surface area contributed by atoms with Crippen molar-refractivity contribution in [1.29, 1.82) is 0 Å². The highest BCUT2D eigenvalue weighted by Gasteiger charge is 2.15. The van der Waals surface area contributed by atoms with Crippen molar-refractivity contribution in [2.24, 2.45) is 0 Å². The number of rotatable bonds is 5. The Kier molecular flexibility index (Phi) is 5.58. The minimum Gasteiger partial charge on any atom is -0.468 e. The molecule has 1 aliphatic rings. The van der Waals surface area contributed by atoms with Crippen LogP contribution < -0.4 is 16.2 Å². The molecule has 8 heteroatoms. The minimum atomic E-state index is -0.548. The van der Waals surface area contributed by atoms with Gasteiger partial charge in [0.05, 0.1) is 19.0 Å². The van der Waals surface area contributed by atoms with Crippen molar-refractivity contribution >= 4 is 23.3 Å². The largest absolute Gasteiger partial charge is 0.468 e. The summed E-state index contributed by atoms with van der Waals surface area (Å²) in [5.41, 5.74) is -0.0289. The summed E-state index contributed by atoms with van der Waals surface area (Å²) in [6.07, 6.45) is 4.95. The van der Waals surface area contributed by atoms with Gasteiger partial charge in [0, 0.05) is 12.6 Å². The number of halogens is 1. The zero-order valence-corrected chi connectivity index (χ0v) is 12.7. The molecule has 0 radical (unpaired) electrons. The van der Waals surface area contributed by atoms with Gasteiger partial charge in [-0.2, -0.15) is 5.10 Å². The Morgan fingerprint density at radius 1 is 1.62 bits per heavy atom. The molecule has 0 aliphatic carbocycles. The Balaban J connectivity index is 2.02. The number of aromatic nitrogens is 2. The first kappa shape index (κ1) is 15.8. The van der Waals surface area contributed by atoms with E-state index in [1.807, 2.05) is 0 Å². The average Bonchev–Trinajstić information content (AvgIpc) is 2.52. The highest BCUT2D eigenvalue weighted by atomic mass is 35.5. The van der Waals surface area contributed by atoms with Gasteiger partial charge in [-0.05, 0) is 19.4 Å². The molecule has 116 valence electrons. The predicted molar refractivity (Wildman–Crippen MR) is 79.7 cm³/mol. The van der Waals surface area contributed by atoms with Gasteiger partial charge in [0.15, 0.2) is 0 Å². The molecular weight excluding hydrogens is 296 g/mol. The molecule has 1 saturated heterocycles. The molecule has 0 spiro atoms. The summed E-state index contributed by atoms with van der Waals surface area (Å²) in [5.74, 6) is -0.548. The van der Waals surface area contributed by atoms with Gasteiger partial charge in [-0.3, -0.25) is 9.59 Å². The fourth-order valence-corrected chi connectivity index (χ4v) is 2.43. The zero-order chi connectivity index (χ0) is 15.2. The van der Waals surface area contributed by atoms with Crippen LogP contribution in [0.5, 0.6) is 0 Å². The van der Waals surface area contributed by atoms with Crippen molar-refractivity contribution in [1.82, 2.24) is 15.1 Å². The molecule has 7 nitrogen and oxygen atoms in total. The number of carbonyl (C=O) groups excluding carboxylic acids is 1. The van der Waals surface area contributed by atoms with Crippen molar-refractivity contribution in [2.45, 2.75) is 31.8 Å². The maximum Gasteiger partial charge on any atom is 0.327 e. The molecule has 1 atom stereocenters. The van der Waals surface area contributed by atoms with Gasteiger partial charge in [0.2, 0.25) is 0 Å². The van der Waals surface area contributed by atoms with E-state index >= 15 is 0 Å². The molecule has 2 rings (SSSR count). The van der Waals surface area contributed by atoms with Gasteiger partial charge in [0.25, 0.3) is 5.56 Å². The number of anilines is 1. The number of carbonyl (C=O) groups is 1. The molecule has 1 aliphatic heterocycles. The third kappa shape index (κ3) is 4.18. The fourth-order valence-electron chi connectivity index (χ4n) is 2.22. The molecule has 1 aromatic heterocycles. The summed E-state index contributed by atoms with van der Waals surface area (Å²) in [6, 6.07) is 0.368. The van der Waals surface area contributed by atoms with Gasteiger partial charge in [-0.1, -0.05) is 18.0 Å². The van der Waals surface area contributed by atoms with Crippen LogP contribution in [0.2, 0.25) is 5.02 Å². The second-order valence-corrected chi connectivity index (χ2v) is 5.32.